The molecule has 0 aliphatic carbocycles. The van der Waals surface area contributed by atoms with Gasteiger partial charge in [0.2, 0.25) is 0 Å². The number of methoxy groups -OCH3 is 1. The molecule has 0 radical (unpaired) electrons. The topological polar surface area (TPSA) is 120 Å². The van der Waals surface area contributed by atoms with E-state index in [-0.39, 0.29) is 17.4 Å². The van der Waals surface area contributed by atoms with Crippen LogP contribution in [0.5, 0.6) is 23.0 Å². The van der Waals surface area contributed by atoms with Crippen molar-refractivity contribution in [2.45, 2.75) is 83.2 Å². The van der Waals surface area contributed by atoms with Gasteiger partial charge in [0.1, 0.15) is 34.2 Å². The van der Waals surface area contributed by atoms with Crippen LogP contribution in [0.2, 0.25) is 0 Å². The molecule has 1 N–H and O–H groups in total. The monoisotopic (exact) mass is 1060 g/mol. The van der Waals surface area contributed by atoms with E-state index in [1.54, 1.807) is 37.9 Å². The molecule has 0 saturated heterocycles. The highest BCUT2D eigenvalue weighted by molar-refractivity contribution is 8.05. The number of nitrogens with zero attached hydrogens (tertiary/aromatic N) is 8. The molecule has 0 amide bonds. The summed E-state index contributed by atoms with van der Waals surface area (Å²) in [6, 6.07) is 30.3. The van der Waals surface area contributed by atoms with Crippen molar-refractivity contribution in [3.05, 3.63) is 119 Å². The maximum absolute atomic E-state index is 9.60. The quantitative estimate of drug-likeness (QED) is 0.0365. The zero-order chi connectivity index (χ0) is 49.3. The van der Waals surface area contributed by atoms with Crippen LogP contribution in [-0.2, 0) is 52.0 Å². The average Bonchev–Trinajstić information content (AvgIpc) is 3.35. The van der Waals surface area contributed by atoms with Gasteiger partial charge in [0.05, 0.1) is 58.1 Å². The van der Waals surface area contributed by atoms with E-state index in [9.17, 15) is 5.11 Å². The summed E-state index contributed by atoms with van der Waals surface area (Å²) < 4.78 is 32.2. The standard InChI is InChI=1S/C46H66N8O5P4S4/c1-12-45(6,62(66)53(9)49-34-40-21-29-44(30-22-40)59-46(13-2,14-3)63(67)54(10)50-33-37-15-23-41(55)24-16-37)58-43-27-19-39(20-28-43)32-48-52(8)61(65)36(5)57-42-25-17-38(18-26-42)31-47-51(7)60(64)35(4)56-11/h15-36,55,60-63H,12-14H2,1-11H3/b47-31+,48-32+,49-34+,50-33+. The first-order valence-corrected chi connectivity index (χ1v) is 32.3. The molecule has 0 bridgehead atoms. The lowest BCUT2D eigenvalue weighted by molar-refractivity contribution is 0.146. The van der Waals surface area contributed by atoms with Crippen molar-refractivity contribution in [1.82, 2.24) is 19.1 Å². The van der Waals surface area contributed by atoms with E-state index in [4.69, 9.17) is 71.3 Å². The van der Waals surface area contributed by atoms with Gasteiger partial charge in [0, 0.05) is 35.3 Å². The van der Waals surface area contributed by atoms with Crippen LogP contribution in [0, 0.1) is 0 Å². The molecule has 0 aromatic heterocycles. The Bertz CT molecular complexity index is 2410. The van der Waals surface area contributed by atoms with Gasteiger partial charge in [-0.2, -0.15) is 20.4 Å². The highest BCUT2D eigenvalue weighted by atomic mass is 32.4. The van der Waals surface area contributed by atoms with E-state index in [0.717, 1.165) is 52.3 Å². The number of benzene rings is 4. The van der Waals surface area contributed by atoms with Crippen LogP contribution in [0.3, 0.4) is 0 Å². The van der Waals surface area contributed by atoms with Crippen molar-refractivity contribution >= 4 is 99.5 Å². The fourth-order valence-electron chi connectivity index (χ4n) is 6.28. The molecular weight excluding hydrogens is 997 g/mol. The van der Waals surface area contributed by atoms with E-state index in [1.807, 2.05) is 152 Å². The molecule has 0 aliphatic heterocycles. The number of rotatable bonds is 26. The number of hydrogen-bond acceptors (Lipinski definition) is 13. The predicted molar refractivity (Wildman–Crippen MR) is 301 cm³/mol. The van der Waals surface area contributed by atoms with Gasteiger partial charge in [0.25, 0.3) is 0 Å². The van der Waals surface area contributed by atoms with Crippen LogP contribution < -0.4 is 14.2 Å². The SMILES string of the molecule is CCC(C)(Oc1ccc(/C=N/N(C)[PH](=S)C(C)Oc2ccc(/C=N/N(C)[PH](=S)C(C)OC)cc2)cc1)[PH](=S)N(C)/N=C/c1ccc(OC(CC)(CC)[PH](=S)N(C)/N=C/c2ccc(O)cc2)cc1. The minimum Gasteiger partial charge on any atom is -0.508 e. The minimum atomic E-state index is -1.72. The Labute approximate surface area is 421 Å². The number of aromatic hydroxyl groups is 1. The van der Waals surface area contributed by atoms with Crippen molar-refractivity contribution in [1.29, 1.82) is 0 Å². The second-order valence-electron chi connectivity index (χ2n) is 15.8. The predicted octanol–water partition coefficient (Wildman–Crippen LogP) is 11.0. The molecule has 21 heteroatoms. The van der Waals surface area contributed by atoms with Gasteiger partial charge in [0.15, 0.2) is 5.34 Å². The average molecular weight is 1060 g/mol. The molecule has 4 aromatic rings. The Morgan fingerprint density at radius 2 is 0.896 bits per heavy atom. The fraction of sp³-hybridized carbons (Fsp3) is 0.391. The zero-order valence-electron chi connectivity index (χ0n) is 40.1. The number of ether oxygens (including phenoxy) is 4. The summed E-state index contributed by atoms with van der Waals surface area (Å²) in [6.45, 7) is 5.96. The van der Waals surface area contributed by atoms with E-state index < -0.39 is 38.1 Å². The lowest BCUT2D eigenvalue weighted by Gasteiger charge is -2.37. The second kappa shape index (κ2) is 27.1. The highest BCUT2D eigenvalue weighted by Crippen LogP contribution is 2.48. The van der Waals surface area contributed by atoms with Crippen LogP contribution in [0.25, 0.3) is 0 Å². The van der Waals surface area contributed by atoms with Crippen molar-refractivity contribution in [2.24, 2.45) is 20.4 Å². The summed E-state index contributed by atoms with van der Waals surface area (Å²) in [5, 5.41) is 27.0. The van der Waals surface area contributed by atoms with Crippen molar-refractivity contribution in [2.75, 3.05) is 35.3 Å². The van der Waals surface area contributed by atoms with Crippen LogP contribution >= 0.6 is 27.4 Å². The van der Waals surface area contributed by atoms with E-state index in [1.165, 1.54) is 0 Å². The number of phenolic OH excluding ortho intramolecular Hbond substituents is 1. The van der Waals surface area contributed by atoms with E-state index in [2.05, 4.69) is 43.0 Å². The number of hydrogen-bond donors (Lipinski definition) is 1. The lowest BCUT2D eigenvalue weighted by atomic mass is 10.2. The summed E-state index contributed by atoms with van der Waals surface area (Å²) in [5.74, 6) is 2.16. The first-order chi connectivity index (χ1) is 31.9. The molecular formula is C46H66N8O5P4S4. The molecule has 67 heavy (non-hydrogen) atoms. The van der Waals surface area contributed by atoms with E-state index in [0.29, 0.717) is 6.42 Å². The maximum atomic E-state index is 9.60. The molecule has 0 heterocycles. The normalized spacial score (nSPS) is 15.7. The second-order valence-corrected chi connectivity index (χ2v) is 29.4. The molecule has 4 rings (SSSR count). The third-order valence-electron chi connectivity index (χ3n) is 11.0. The molecule has 364 valence electrons. The van der Waals surface area contributed by atoms with Gasteiger partial charge in [-0.1, -0.05) is 68.0 Å². The molecule has 0 fully saturated rings. The van der Waals surface area contributed by atoms with E-state index >= 15 is 0 Å². The van der Waals surface area contributed by atoms with Gasteiger partial charge in [-0.3, -0.25) is 19.1 Å². The summed E-state index contributed by atoms with van der Waals surface area (Å²) in [6.07, 6.45) is 9.32. The molecule has 4 aromatic carbocycles. The van der Waals surface area contributed by atoms with Crippen LogP contribution in [0.15, 0.2) is 117 Å². The van der Waals surface area contributed by atoms with Gasteiger partial charge >= 0.3 is 0 Å². The Morgan fingerprint density at radius 1 is 0.537 bits per heavy atom. The zero-order valence-corrected chi connectivity index (χ0v) is 47.4. The summed E-state index contributed by atoms with van der Waals surface area (Å²) in [5.41, 5.74) is 3.63. The van der Waals surface area contributed by atoms with Gasteiger partial charge in [-0.05, 0) is 159 Å². The fourth-order valence-corrected chi connectivity index (χ4v) is 13.6. The van der Waals surface area contributed by atoms with Crippen molar-refractivity contribution in [3.63, 3.8) is 0 Å². The largest absolute Gasteiger partial charge is 0.508 e. The Hall–Kier alpha value is -3.48. The summed E-state index contributed by atoms with van der Waals surface area (Å²) >= 11 is 23.7. The minimum absolute atomic E-state index is 0.0182. The van der Waals surface area contributed by atoms with Crippen LogP contribution in [-0.4, -0.2) is 107 Å². The molecule has 13 nitrogen and oxygen atoms in total. The summed E-state index contributed by atoms with van der Waals surface area (Å²) in [7, 11) is 9.23. The molecule has 7 unspecified atom stereocenters. The first kappa shape index (κ1) is 56.1. The third kappa shape index (κ3) is 16.6. The van der Waals surface area contributed by atoms with Crippen molar-refractivity contribution in [3.8, 4) is 23.0 Å². The molecule has 0 aliphatic rings. The Kier molecular flexibility index (Phi) is 22.7. The third-order valence-corrected chi connectivity index (χ3v) is 26.1. The first-order valence-electron chi connectivity index (χ1n) is 21.8. The Balaban J connectivity index is 1.29. The molecule has 0 spiro atoms. The highest BCUT2D eigenvalue weighted by Gasteiger charge is 2.35. The maximum Gasteiger partial charge on any atom is 0.152 e. The van der Waals surface area contributed by atoms with Crippen LogP contribution in [0.4, 0.5) is 0 Å². The lowest BCUT2D eigenvalue weighted by Crippen LogP contribution is -2.33. The van der Waals surface area contributed by atoms with Gasteiger partial charge in [-0.15, -0.1) is 0 Å². The van der Waals surface area contributed by atoms with Crippen molar-refractivity contribution < 1.29 is 24.1 Å². The van der Waals surface area contributed by atoms with Gasteiger partial charge in [-0.25, -0.2) is 0 Å². The molecule has 0 saturated carbocycles. The number of hydrazone groups is 4. The van der Waals surface area contributed by atoms with Crippen LogP contribution in [0.1, 0.15) is 83.1 Å². The Morgan fingerprint density at radius 3 is 1.30 bits per heavy atom. The number of phenols is 1. The molecule has 7 atom stereocenters. The summed E-state index contributed by atoms with van der Waals surface area (Å²) in [4.78, 5) is 0. The van der Waals surface area contributed by atoms with Gasteiger partial charge < -0.3 is 24.1 Å². The smallest absolute Gasteiger partial charge is 0.152 e.